The summed E-state index contributed by atoms with van der Waals surface area (Å²) in [4.78, 5) is 8.54. The van der Waals surface area contributed by atoms with Crippen molar-refractivity contribution < 1.29 is 4.74 Å². The maximum absolute atomic E-state index is 5.47. The highest BCUT2D eigenvalue weighted by Crippen LogP contribution is 2.01. The summed E-state index contributed by atoms with van der Waals surface area (Å²) < 4.78 is 5.47. The first-order chi connectivity index (χ1) is 9.08. The Morgan fingerprint density at radius 2 is 1.84 bits per heavy atom. The minimum absolute atomic E-state index is 0.314. The van der Waals surface area contributed by atoms with Gasteiger partial charge in [-0.05, 0) is 40.7 Å². The van der Waals surface area contributed by atoms with E-state index in [1.807, 2.05) is 12.4 Å². The quantitative estimate of drug-likeness (QED) is 0.671. The molecule has 0 saturated carbocycles. The van der Waals surface area contributed by atoms with Crippen molar-refractivity contribution in [2.75, 3.05) is 18.5 Å². The van der Waals surface area contributed by atoms with E-state index >= 15 is 0 Å². The van der Waals surface area contributed by atoms with Crippen LogP contribution in [0.2, 0.25) is 0 Å². The Bertz CT molecular complexity index is 338. The number of rotatable bonds is 9. The highest BCUT2D eigenvalue weighted by Gasteiger charge is 1.99. The van der Waals surface area contributed by atoms with Gasteiger partial charge in [-0.2, -0.15) is 0 Å². The Balaban J connectivity index is 2.16. The van der Waals surface area contributed by atoms with Gasteiger partial charge in [-0.3, -0.25) is 0 Å². The molecule has 2 N–H and O–H groups in total. The maximum Gasteiger partial charge on any atom is 0.222 e. The van der Waals surface area contributed by atoms with Crippen molar-refractivity contribution in [1.82, 2.24) is 15.3 Å². The molecule has 108 valence electrons. The fourth-order valence-electron chi connectivity index (χ4n) is 1.53. The van der Waals surface area contributed by atoms with Gasteiger partial charge >= 0.3 is 0 Å². The predicted octanol–water partition coefficient (Wildman–Crippen LogP) is 2.20. The number of hydrogen-bond donors (Lipinski definition) is 2. The van der Waals surface area contributed by atoms with E-state index in [1.54, 1.807) is 0 Å². The molecule has 0 aliphatic carbocycles. The van der Waals surface area contributed by atoms with Gasteiger partial charge in [0.1, 0.15) is 0 Å². The van der Waals surface area contributed by atoms with Crippen molar-refractivity contribution in [3.63, 3.8) is 0 Å². The van der Waals surface area contributed by atoms with E-state index in [-0.39, 0.29) is 0 Å². The first kappa shape index (κ1) is 15.9. The molecule has 0 bridgehead atoms. The molecule has 1 heterocycles. The topological polar surface area (TPSA) is 59.1 Å². The van der Waals surface area contributed by atoms with Gasteiger partial charge in [0.25, 0.3) is 0 Å². The van der Waals surface area contributed by atoms with E-state index in [1.165, 1.54) is 0 Å². The molecule has 1 aromatic heterocycles. The fraction of sp³-hybridized carbons (Fsp3) is 0.714. The van der Waals surface area contributed by atoms with Gasteiger partial charge < -0.3 is 15.4 Å². The Labute approximate surface area is 116 Å². The summed E-state index contributed by atoms with van der Waals surface area (Å²) >= 11 is 0. The van der Waals surface area contributed by atoms with Gasteiger partial charge in [0, 0.05) is 37.2 Å². The van der Waals surface area contributed by atoms with Crippen LogP contribution in [0.5, 0.6) is 0 Å². The Morgan fingerprint density at radius 3 is 2.42 bits per heavy atom. The molecule has 0 unspecified atom stereocenters. The number of hydrogen-bond acceptors (Lipinski definition) is 5. The van der Waals surface area contributed by atoms with Crippen molar-refractivity contribution in [2.45, 2.75) is 52.8 Å². The lowest BCUT2D eigenvalue weighted by Gasteiger charge is -2.09. The Hall–Kier alpha value is -1.20. The van der Waals surface area contributed by atoms with Crippen molar-refractivity contribution in [3.8, 4) is 0 Å². The molecule has 0 saturated heterocycles. The van der Waals surface area contributed by atoms with Gasteiger partial charge in [-0.1, -0.05) is 0 Å². The van der Waals surface area contributed by atoms with Crippen molar-refractivity contribution in [2.24, 2.45) is 0 Å². The zero-order valence-electron chi connectivity index (χ0n) is 12.4. The molecule has 5 nitrogen and oxygen atoms in total. The van der Waals surface area contributed by atoms with Gasteiger partial charge in [-0.15, -0.1) is 0 Å². The highest BCUT2D eigenvalue weighted by atomic mass is 16.5. The van der Waals surface area contributed by atoms with Gasteiger partial charge in [0.2, 0.25) is 5.95 Å². The SMILES string of the molecule is CC(C)Nc1ncc(CNCCCOC(C)C)cn1. The molecule has 0 aliphatic rings. The van der Waals surface area contributed by atoms with Crippen LogP contribution >= 0.6 is 0 Å². The van der Waals surface area contributed by atoms with Crippen LogP contribution in [-0.4, -0.2) is 35.3 Å². The molecule has 1 rings (SSSR count). The van der Waals surface area contributed by atoms with Crippen LogP contribution in [0.15, 0.2) is 12.4 Å². The maximum atomic E-state index is 5.47. The average molecular weight is 266 g/mol. The lowest BCUT2D eigenvalue weighted by Crippen LogP contribution is -2.18. The van der Waals surface area contributed by atoms with E-state index in [0.29, 0.717) is 18.1 Å². The summed E-state index contributed by atoms with van der Waals surface area (Å²) in [6.45, 7) is 10.8. The number of anilines is 1. The average Bonchev–Trinajstić information content (AvgIpc) is 2.34. The molecular formula is C14H26N4O. The largest absolute Gasteiger partial charge is 0.379 e. The third kappa shape index (κ3) is 7.74. The molecular weight excluding hydrogens is 240 g/mol. The van der Waals surface area contributed by atoms with Crippen LogP contribution in [0.1, 0.15) is 39.7 Å². The van der Waals surface area contributed by atoms with Crippen molar-refractivity contribution in [1.29, 1.82) is 0 Å². The summed E-state index contributed by atoms with van der Waals surface area (Å²) in [5, 5.41) is 6.52. The Morgan fingerprint density at radius 1 is 1.16 bits per heavy atom. The molecule has 0 aromatic carbocycles. The molecule has 0 amide bonds. The van der Waals surface area contributed by atoms with Gasteiger partial charge in [-0.25, -0.2) is 9.97 Å². The summed E-state index contributed by atoms with van der Waals surface area (Å²) in [5.74, 6) is 0.684. The van der Waals surface area contributed by atoms with Crippen LogP contribution in [0.4, 0.5) is 5.95 Å². The van der Waals surface area contributed by atoms with Crippen LogP contribution in [0, 0.1) is 0 Å². The summed E-state index contributed by atoms with van der Waals surface area (Å²) in [5.41, 5.74) is 1.10. The van der Waals surface area contributed by atoms with Crippen LogP contribution in [0.3, 0.4) is 0 Å². The van der Waals surface area contributed by atoms with Gasteiger partial charge in [0.15, 0.2) is 0 Å². The molecule has 0 radical (unpaired) electrons. The summed E-state index contributed by atoms with van der Waals surface area (Å²) in [7, 11) is 0. The molecule has 0 spiro atoms. The van der Waals surface area contributed by atoms with Crippen LogP contribution in [-0.2, 0) is 11.3 Å². The fourth-order valence-corrected chi connectivity index (χ4v) is 1.53. The van der Waals surface area contributed by atoms with E-state index in [0.717, 1.165) is 31.7 Å². The molecule has 19 heavy (non-hydrogen) atoms. The van der Waals surface area contributed by atoms with Crippen LogP contribution in [0.25, 0.3) is 0 Å². The number of nitrogens with one attached hydrogen (secondary N) is 2. The lowest BCUT2D eigenvalue weighted by molar-refractivity contribution is 0.0770. The summed E-state index contributed by atoms with van der Waals surface area (Å²) in [6, 6.07) is 0.352. The highest BCUT2D eigenvalue weighted by molar-refractivity contribution is 5.25. The third-order valence-electron chi connectivity index (χ3n) is 2.40. The Kier molecular flexibility index (Phi) is 7.36. The molecule has 0 aliphatic heterocycles. The first-order valence-corrected chi connectivity index (χ1v) is 6.97. The zero-order chi connectivity index (χ0) is 14.1. The van der Waals surface area contributed by atoms with Gasteiger partial charge in [0.05, 0.1) is 6.10 Å². The standard InChI is InChI=1S/C14H26N4O/c1-11(2)18-14-16-9-13(10-17-14)8-15-6-5-7-19-12(3)4/h9-12,15H,5-8H2,1-4H3,(H,16,17,18). The lowest BCUT2D eigenvalue weighted by atomic mass is 10.3. The molecule has 0 atom stereocenters. The van der Waals surface area contributed by atoms with Crippen molar-refractivity contribution in [3.05, 3.63) is 18.0 Å². The number of aromatic nitrogens is 2. The van der Waals surface area contributed by atoms with E-state index in [2.05, 4.69) is 48.3 Å². The molecule has 1 aromatic rings. The normalized spacial score (nSPS) is 11.3. The summed E-state index contributed by atoms with van der Waals surface area (Å²) in [6.07, 6.45) is 5.05. The van der Waals surface area contributed by atoms with Crippen LogP contribution < -0.4 is 10.6 Å². The van der Waals surface area contributed by atoms with Crippen molar-refractivity contribution >= 4 is 5.95 Å². The second-order valence-corrected chi connectivity index (χ2v) is 5.16. The minimum Gasteiger partial charge on any atom is -0.379 e. The minimum atomic E-state index is 0.314. The second-order valence-electron chi connectivity index (χ2n) is 5.16. The second kappa shape index (κ2) is 8.82. The predicted molar refractivity (Wildman–Crippen MR) is 78.2 cm³/mol. The van der Waals surface area contributed by atoms with E-state index < -0.39 is 0 Å². The zero-order valence-corrected chi connectivity index (χ0v) is 12.4. The smallest absolute Gasteiger partial charge is 0.222 e. The number of nitrogens with zero attached hydrogens (tertiary/aromatic N) is 2. The number of ether oxygens (including phenoxy) is 1. The monoisotopic (exact) mass is 266 g/mol. The van der Waals surface area contributed by atoms with E-state index in [9.17, 15) is 0 Å². The molecule has 0 fully saturated rings. The van der Waals surface area contributed by atoms with E-state index in [4.69, 9.17) is 4.74 Å². The molecule has 5 heteroatoms. The third-order valence-corrected chi connectivity index (χ3v) is 2.40. The first-order valence-electron chi connectivity index (χ1n) is 6.97.